The molecule has 0 aromatic heterocycles. The molecule has 1 saturated heterocycles. The zero-order chi connectivity index (χ0) is 17.8. The number of amides is 1. The molecule has 1 aliphatic heterocycles. The van der Waals surface area contributed by atoms with E-state index in [4.69, 9.17) is 23.2 Å². The Kier molecular flexibility index (Phi) is 5.84. The van der Waals surface area contributed by atoms with Gasteiger partial charge in [-0.25, -0.2) is 0 Å². The monoisotopic (exact) mass is 377 g/mol. The van der Waals surface area contributed by atoms with Crippen molar-refractivity contribution in [2.45, 2.75) is 6.42 Å². The van der Waals surface area contributed by atoms with E-state index in [-0.39, 0.29) is 12.3 Å². The molecule has 1 amide bonds. The number of nitrogens with zero attached hydrogens (tertiary/aromatic N) is 2. The first-order valence-corrected chi connectivity index (χ1v) is 9.05. The van der Waals surface area contributed by atoms with Crippen LogP contribution in [0, 0.1) is 0 Å². The molecule has 2 aromatic rings. The summed E-state index contributed by atoms with van der Waals surface area (Å²) in [6, 6.07) is 13.0. The molecule has 1 heterocycles. The molecule has 3 rings (SSSR count). The molecule has 0 aliphatic carbocycles. The fourth-order valence-electron chi connectivity index (χ4n) is 2.94. The number of carbonyl (C=O) groups is 1. The highest BCUT2D eigenvalue weighted by Crippen LogP contribution is 2.30. The van der Waals surface area contributed by atoms with Crippen LogP contribution >= 0.6 is 23.2 Å². The molecule has 1 aliphatic rings. The van der Waals surface area contributed by atoms with Crippen LogP contribution < -0.4 is 10.2 Å². The maximum Gasteiger partial charge on any atom is 0.228 e. The van der Waals surface area contributed by atoms with Crippen LogP contribution in [-0.2, 0) is 11.2 Å². The lowest BCUT2D eigenvalue weighted by Crippen LogP contribution is -2.44. The summed E-state index contributed by atoms with van der Waals surface area (Å²) in [5.74, 6) is -0.106. The van der Waals surface area contributed by atoms with Gasteiger partial charge in [-0.05, 0) is 36.9 Å². The number of halogens is 2. The average molecular weight is 378 g/mol. The lowest BCUT2D eigenvalue weighted by Gasteiger charge is -2.35. The molecule has 25 heavy (non-hydrogen) atoms. The van der Waals surface area contributed by atoms with Crippen molar-refractivity contribution in [3.05, 3.63) is 58.1 Å². The van der Waals surface area contributed by atoms with Crippen molar-refractivity contribution in [2.24, 2.45) is 0 Å². The van der Waals surface area contributed by atoms with Crippen molar-refractivity contribution in [2.75, 3.05) is 43.4 Å². The first kappa shape index (κ1) is 18.1. The molecule has 0 radical (unpaired) electrons. The lowest BCUT2D eigenvalue weighted by atomic mass is 10.1. The molecule has 6 heteroatoms. The Morgan fingerprint density at radius 1 is 1.08 bits per heavy atom. The van der Waals surface area contributed by atoms with Crippen molar-refractivity contribution < 1.29 is 4.79 Å². The Morgan fingerprint density at radius 2 is 1.80 bits per heavy atom. The van der Waals surface area contributed by atoms with Crippen LogP contribution in [0.5, 0.6) is 0 Å². The summed E-state index contributed by atoms with van der Waals surface area (Å²) >= 11 is 12.3. The number of piperazine rings is 1. The van der Waals surface area contributed by atoms with Gasteiger partial charge < -0.3 is 15.1 Å². The van der Waals surface area contributed by atoms with Gasteiger partial charge in [0.25, 0.3) is 0 Å². The fraction of sp³-hybridized carbons (Fsp3) is 0.316. The van der Waals surface area contributed by atoms with Gasteiger partial charge in [-0.15, -0.1) is 0 Å². The number of nitrogens with one attached hydrogen (secondary N) is 1. The van der Waals surface area contributed by atoms with Crippen LogP contribution in [0.3, 0.4) is 0 Å². The molecule has 4 nitrogen and oxygen atoms in total. The third-order valence-electron chi connectivity index (χ3n) is 4.39. The van der Waals surface area contributed by atoms with Gasteiger partial charge >= 0.3 is 0 Å². The molecule has 132 valence electrons. The number of anilines is 2. The third-order valence-corrected chi connectivity index (χ3v) is 4.99. The van der Waals surface area contributed by atoms with Gasteiger partial charge in [0.05, 0.1) is 17.8 Å². The van der Waals surface area contributed by atoms with Gasteiger partial charge in [-0.2, -0.15) is 0 Å². The number of rotatable bonds is 4. The Balaban J connectivity index is 1.76. The molecular formula is C19H21Cl2N3O. The Labute approximate surface area is 158 Å². The average Bonchev–Trinajstić information content (AvgIpc) is 2.58. The highest BCUT2D eigenvalue weighted by molar-refractivity contribution is 6.31. The van der Waals surface area contributed by atoms with Gasteiger partial charge in [0.15, 0.2) is 0 Å². The first-order chi connectivity index (χ1) is 12.0. The molecular weight excluding hydrogens is 357 g/mol. The molecule has 0 unspecified atom stereocenters. The smallest absolute Gasteiger partial charge is 0.228 e. The minimum absolute atomic E-state index is 0.106. The number of benzene rings is 2. The molecule has 0 atom stereocenters. The zero-order valence-corrected chi connectivity index (χ0v) is 15.6. The van der Waals surface area contributed by atoms with Crippen LogP contribution in [0.4, 0.5) is 11.4 Å². The van der Waals surface area contributed by atoms with Crippen LogP contribution in [0.25, 0.3) is 0 Å². The summed E-state index contributed by atoms with van der Waals surface area (Å²) in [6.07, 6.45) is 0.231. The van der Waals surface area contributed by atoms with E-state index in [9.17, 15) is 4.79 Å². The molecule has 0 spiro atoms. The topological polar surface area (TPSA) is 35.6 Å². The second kappa shape index (κ2) is 8.09. The lowest BCUT2D eigenvalue weighted by molar-refractivity contribution is -0.115. The predicted octanol–water partition coefficient (Wildman–Crippen LogP) is 3.93. The minimum atomic E-state index is -0.106. The van der Waals surface area contributed by atoms with E-state index in [0.29, 0.717) is 10.0 Å². The van der Waals surface area contributed by atoms with Crippen molar-refractivity contribution in [3.8, 4) is 0 Å². The standard InChI is InChI=1S/C19H21Cl2N3O/c1-23-8-10-24(11-9-23)18-7-6-15(20)13-17(18)22-19(25)12-14-4-2-3-5-16(14)21/h2-7,13H,8-12H2,1H3,(H,22,25). The van der Waals surface area contributed by atoms with E-state index in [0.717, 1.165) is 43.1 Å². The van der Waals surface area contributed by atoms with Gasteiger partial charge in [-0.1, -0.05) is 41.4 Å². The Hall–Kier alpha value is -1.75. The molecule has 0 saturated carbocycles. The highest BCUT2D eigenvalue weighted by atomic mass is 35.5. The maximum atomic E-state index is 12.5. The normalized spacial score (nSPS) is 15.2. The second-order valence-electron chi connectivity index (χ2n) is 6.27. The Bertz CT molecular complexity index is 758. The van der Waals surface area contributed by atoms with E-state index in [1.807, 2.05) is 30.3 Å². The third kappa shape index (κ3) is 4.66. The van der Waals surface area contributed by atoms with Crippen LogP contribution in [0.2, 0.25) is 10.0 Å². The first-order valence-electron chi connectivity index (χ1n) is 8.29. The summed E-state index contributed by atoms with van der Waals surface area (Å²) in [5.41, 5.74) is 2.56. The summed E-state index contributed by atoms with van der Waals surface area (Å²) < 4.78 is 0. The van der Waals surface area contributed by atoms with Crippen molar-refractivity contribution >= 4 is 40.5 Å². The fourth-order valence-corrected chi connectivity index (χ4v) is 3.32. The van der Waals surface area contributed by atoms with Gasteiger partial charge in [0.1, 0.15) is 0 Å². The van der Waals surface area contributed by atoms with E-state index in [1.54, 1.807) is 12.1 Å². The number of carbonyl (C=O) groups excluding carboxylic acids is 1. The highest BCUT2D eigenvalue weighted by Gasteiger charge is 2.18. The number of likely N-dealkylation sites (N-methyl/N-ethyl adjacent to an activating group) is 1. The van der Waals surface area contributed by atoms with Crippen molar-refractivity contribution in [1.29, 1.82) is 0 Å². The summed E-state index contributed by atoms with van der Waals surface area (Å²) in [6.45, 7) is 3.84. The SMILES string of the molecule is CN1CCN(c2ccc(Cl)cc2NC(=O)Cc2ccccc2Cl)CC1. The van der Waals surface area contributed by atoms with Crippen molar-refractivity contribution in [3.63, 3.8) is 0 Å². The largest absolute Gasteiger partial charge is 0.367 e. The zero-order valence-electron chi connectivity index (χ0n) is 14.1. The predicted molar refractivity (Wildman–Crippen MR) is 105 cm³/mol. The number of hydrogen-bond acceptors (Lipinski definition) is 3. The number of hydrogen-bond donors (Lipinski definition) is 1. The van der Waals surface area contributed by atoms with Gasteiger partial charge in [0.2, 0.25) is 5.91 Å². The van der Waals surface area contributed by atoms with Crippen LogP contribution in [0.15, 0.2) is 42.5 Å². The van der Waals surface area contributed by atoms with Crippen molar-refractivity contribution in [1.82, 2.24) is 4.90 Å². The van der Waals surface area contributed by atoms with Crippen LogP contribution in [-0.4, -0.2) is 44.0 Å². The minimum Gasteiger partial charge on any atom is -0.367 e. The maximum absolute atomic E-state index is 12.5. The quantitative estimate of drug-likeness (QED) is 0.876. The van der Waals surface area contributed by atoms with E-state index in [1.165, 1.54) is 0 Å². The van der Waals surface area contributed by atoms with E-state index >= 15 is 0 Å². The summed E-state index contributed by atoms with van der Waals surface area (Å²) in [7, 11) is 2.12. The molecule has 1 fully saturated rings. The Morgan fingerprint density at radius 3 is 2.52 bits per heavy atom. The molecule has 1 N–H and O–H groups in total. The second-order valence-corrected chi connectivity index (χ2v) is 7.11. The van der Waals surface area contributed by atoms with Gasteiger partial charge in [0, 0.05) is 36.2 Å². The van der Waals surface area contributed by atoms with Crippen LogP contribution in [0.1, 0.15) is 5.56 Å². The van der Waals surface area contributed by atoms with E-state index < -0.39 is 0 Å². The summed E-state index contributed by atoms with van der Waals surface area (Å²) in [5, 5.41) is 4.20. The molecule has 0 bridgehead atoms. The van der Waals surface area contributed by atoms with Gasteiger partial charge in [-0.3, -0.25) is 4.79 Å². The van der Waals surface area contributed by atoms with E-state index in [2.05, 4.69) is 22.2 Å². The molecule has 2 aromatic carbocycles. The summed E-state index contributed by atoms with van der Waals surface area (Å²) in [4.78, 5) is 17.1.